The predicted octanol–water partition coefficient (Wildman–Crippen LogP) is 2.31. The van der Waals surface area contributed by atoms with Gasteiger partial charge in [-0.3, -0.25) is 9.89 Å². The van der Waals surface area contributed by atoms with Crippen LogP contribution in [0.2, 0.25) is 0 Å². The monoisotopic (exact) mass is 414 g/mol. The lowest BCUT2D eigenvalue weighted by Gasteiger charge is -2.33. The van der Waals surface area contributed by atoms with E-state index in [-0.39, 0.29) is 6.03 Å². The Morgan fingerprint density at radius 3 is 2.37 bits per heavy atom. The first-order chi connectivity index (χ1) is 14.5. The molecule has 2 saturated heterocycles. The molecule has 2 aliphatic rings. The summed E-state index contributed by atoms with van der Waals surface area (Å²) in [7, 11) is 0. The van der Waals surface area contributed by atoms with Crippen LogP contribution in [0.5, 0.6) is 0 Å². The van der Waals surface area contributed by atoms with Gasteiger partial charge in [0.25, 0.3) is 0 Å². The molecule has 2 fully saturated rings. The topological polar surface area (TPSA) is 86.0 Å². The number of hydrogen-bond donors (Lipinski definition) is 3. The van der Waals surface area contributed by atoms with Gasteiger partial charge in [0.2, 0.25) is 0 Å². The minimum absolute atomic E-state index is 0.317. The molecule has 0 bridgehead atoms. The van der Waals surface area contributed by atoms with Crippen molar-refractivity contribution in [2.75, 3.05) is 39.3 Å². The number of guanidine groups is 1. The zero-order chi connectivity index (χ0) is 21.3. The van der Waals surface area contributed by atoms with Gasteiger partial charge in [-0.2, -0.15) is 0 Å². The second-order valence-electron chi connectivity index (χ2n) is 8.67. The molecule has 0 aromatic heterocycles. The first-order valence-electron chi connectivity index (χ1n) is 11.4. The third kappa shape index (κ3) is 6.90. The SMILES string of the molecule is CCNC(=NCC1CCN(Cc2ccc(C)cc2)CC1)NC1CCN(C(N)=O)CC1. The van der Waals surface area contributed by atoms with Gasteiger partial charge in [0, 0.05) is 38.8 Å². The van der Waals surface area contributed by atoms with E-state index in [0.29, 0.717) is 25.0 Å². The number of carbonyl (C=O) groups excluding carboxylic acids is 1. The lowest BCUT2D eigenvalue weighted by atomic mass is 9.96. The molecule has 2 heterocycles. The van der Waals surface area contributed by atoms with Crippen LogP contribution in [-0.4, -0.2) is 67.1 Å². The summed E-state index contributed by atoms with van der Waals surface area (Å²) in [5.74, 6) is 1.54. The summed E-state index contributed by atoms with van der Waals surface area (Å²) in [6, 6.07) is 8.91. The van der Waals surface area contributed by atoms with E-state index in [1.807, 2.05) is 0 Å². The van der Waals surface area contributed by atoms with E-state index in [9.17, 15) is 4.79 Å². The first-order valence-corrected chi connectivity index (χ1v) is 11.4. The summed E-state index contributed by atoms with van der Waals surface area (Å²) in [4.78, 5) is 20.4. The van der Waals surface area contributed by atoms with Gasteiger partial charge in [0.1, 0.15) is 0 Å². The fraction of sp³-hybridized carbons (Fsp3) is 0.652. The number of piperidine rings is 2. The number of carbonyl (C=O) groups is 1. The van der Waals surface area contributed by atoms with Gasteiger partial charge in [-0.05, 0) is 64.1 Å². The third-order valence-corrected chi connectivity index (χ3v) is 6.23. The van der Waals surface area contributed by atoms with Crippen LogP contribution in [-0.2, 0) is 6.54 Å². The minimum atomic E-state index is -0.317. The third-order valence-electron chi connectivity index (χ3n) is 6.23. The number of nitrogens with two attached hydrogens (primary N) is 1. The van der Waals surface area contributed by atoms with Crippen molar-refractivity contribution >= 4 is 12.0 Å². The van der Waals surface area contributed by atoms with E-state index < -0.39 is 0 Å². The van der Waals surface area contributed by atoms with Gasteiger partial charge in [-0.25, -0.2) is 4.79 Å². The van der Waals surface area contributed by atoms with Crippen LogP contribution in [0.3, 0.4) is 0 Å². The Kier molecular flexibility index (Phi) is 8.37. The van der Waals surface area contributed by atoms with Crippen LogP contribution < -0.4 is 16.4 Å². The molecule has 0 aliphatic carbocycles. The molecule has 30 heavy (non-hydrogen) atoms. The second-order valence-corrected chi connectivity index (χ2v) is 8.67. The number of urea groups is 1. The number of primary amides is 1. The fourth-order valence-electron chi connectivity index (χ4n) is 4.26. The molecule has 0 radical (unpaired) electrons. The minimum Gasteiger partial charge on any atom is -0.357 e. The Bertz CT molecular complexity index is 688. The van der Waals surface area contributed by atoms with Crippen LogP contribution in [0.15, 0.2) is 29.3 Å². The number of aryl methyl sites for hydroxylation is 1. The average Bonchev–Trinajstić information content (AvgIpc) is 2.75. The molecule has 0 saturated carbocycles. The largest absolute Gasteiger partial charge is 0.357 e. The second kappa shape index (κ2) is 11.2. The molecule has 0 unspecified atom stereocenters. The Hall–Kier alpha value is -2.28. The molecule has 2 aliphatic heterocycles. The molecular weight excluding hydrogens is 376 g/mol. The average molecular weight is 415 g/mol. The molecular formula is C23H38N6O. The molecule has 7 heteroatoms. The van der Waals surface area contributed by atoms with Crippen molar-refractivity contribution < 1.29 is 4.79 Å². The highest BCUT2D eigenvalue weighted by molar-refractivity contribution is 5.80. The normalized spacial score (nSPS) is 19.7. The lowest BCUT2D eigenvalue weighted by molar-refractivity contribution is 0.180. The summed E-state index contributed by atoms with van der Waals surface area (Å²) < 4.78 is 0. The number of likely N-dealkylation sites (tertiary alicyclic amines) is 2. The highest BCUT2D eigenvalue weighted by Gasteiger charge is 2.22. The van der Waals surface area contributed by atoms with Crippen LogP contribution in [0.1, 0.15) is 43.7 Å². The van der Waals surface area contributed by atoms with E-state index in [0.717, 1.165) is 51.5 Å². The van der Waals surface area contributed by atoms with E-state index in [4.69, 9.17) is 10.7 Å². The Labute approximate surface area is 181 Å². The van der Waals surface area contributed by atoms with E-state index in [1.54, 1.807) is 4.90 Å². The maximum atomic E-state index is 11.3. The highest BCUT2D eigenvalue weighted by atomic mass is 16.2. The molecule has 3 rings (SSSR count). The van der Waals surface area contributed by atoms with Crippen molar-refractivity contribution in [3.8, 4) is 0 Å². The molecule has 2 amide bonds. The predicted molar refractivity (Wildman–Crippen MR) is 122 cm³/mol. The summed E-state index contributed by atoms with van der Waals surface area (Å²) >= 11 is 0. The quantitative estimate of drug-likeness (QED) is 0.492. The number of benzene rings is 1. The van der Waals surface area contributed by atoms with Gasteiger partial charge in [-0.15, -0.1) is 0 Å². The van der Waals surface area contributed by atoms with E-state index >= 15 is 0 Å². The van der Waals surface area contributed by atoms with Gasteiger partial charge >= 0.3 is 6.03 Å². The Morgan fingerprint density at radius 1 is 1.10 bits per heavy atom. The number of aliphatic imine (C=N–C) groups is 1. The van der Waals surface area contributed by atoms with E-state index in [2.05, 4.69) is 53.6 Å². The molecule has 0 atom stereocenters. The highest BCUT2D eigenvalue weighted by Crippen LogP contribution is 2.19. The molecule has 1 aromatic rings. The number of rotatable bonds is 6. The Morgan fingerprint density at radius 2 is 1.77 bits per heavy atom. The summed E-state index contributed by atoms with van der Waals surface area (Å²) in [6.45, 7) is 10.7. The maximum Gasteiger partial charge on any atom is 0.314 e. The number of nitrogens with one attached hydrogen (secondary N) is 2. The van der Waals surface area contributed by atoms with Gasteiger partial charge in [0.15, 0.2) is 5.96 Å². The van der Waals surface area contributed by atoms with Crippen molar-refractivity contribution in [3.05, 3.63) is 35.4 Å². The molecule has 4 N–H and O–H groups in total. The number of hydrogen-bond acceptors (Lipinski definition) is 3. The van der Waals surface area contributed by atoms with Crippen molar-refractivity contribution in [2.45, 2.75) is 52.1 Å². The number of nitrogens with zero attached hydrogens (tertiary/aromatic N) is 3. The molecule has 7 nitrogen and oxygen atoms in total. The molecule has 0 spiro atoms. The fourth-order valence-corrected chi connectivity index (χ4v) is 4.26. The summed E-state index contributed by atoms with van der Waals surface area (Å²) in [6.07, 6.45) is 4.22. The standard InChI is InChI=1S/C23H38N6O/c1-3-25-23(27-21-10-14-29(15-11-21)22(24)30)26-16-19-8-12-28(13-9-19)17-20-6-4-18(2)5-7-20/h4-7,19,21H,3,8-17H2,1-2H3,(H2,24,30)(H2,25,26,27). The smallest absolute Gasteiger partial charge is 0.314 e. The van der Waals surface area contributed by atoms with Gasteiger partial charge in [-0.1, -0.05) is 29.8 Å². The van der Waals surface area contributed by atoms with Crippen LogP contribution in [0.4, 0.5) is 4.79 Å². The lowest BCUT2D eigenvalue weighted by Crippen LogP contribution is -2.50. The summed E-state index contributed by atoms with van der Waals surface area (Å²) in [5.41, 5.74) is 8.10. The Balaban J connectivity index is 1.42. The van der Waals surface area contributed by atoms with Crippen molar-refractivity contribution in [3.63, 3.8) is 0 Å². The summed E-state index contributed by atoms with van der Waals surface area (Å²) in [5, 5.41) is 6.92. The zero-order valence-corrected chi connectivity index (χ0v) is 18.6. The van der Waals surface area contributed by atoms with Crippen molar-refractivity contribution in [1.82, 2.24) is 20.4 Å². The van der Waals surface area contributed by atoms with Gasteiger partial charge in [0.05, 0.1) is 0 Å². The van der Waals surface area contributed by atoms with Crippen LogP contribution in [0, 0.1) is 12.8 Å². The van der Waals surface area contributed by atoms with Crippen LogP contribution in [0.25, 0.3) is 0 Å². The zero-order valence-electron chi connectivity index (χ0n) is 18.6. The maximum absolute atomic E-state index is 11.3. The van der Waals surface area contributed by atoms with Crippen molar-refractivity contribution in [2.24, 2.45) is 16.6 Å². The first kappa shape index (κ1) is 22.4. The van der Waals surface area contributed by atoms with Crippen LogP contribution >= 0.6 is 0 Å². The molecule has 1 aromatic carbocycles. The molecule has 166 valence electrons. The van der Waals surface area contributed by atoms with Gasteiger partial charge < -0.3 is 21.3 Å². The van der Waals surface area contributed by atoms with E-state index in [1.165, 1.54) is 24.0 Å². The number of amides is 2. The van der Waals surface area contributed by atoms with Crippen molar-refractivity contribution in [1.29, 1.82) is 0 Å².